The zero-order valence-corrected chi connectivity index (χ0v) is 13.0. The number of thiophene rings is 1. The summed E-state index contributed by atoms with van der Waals surface area (Å²) in [7, 11) is 0. The minimum absolute atomic E-state index is 0.157. The van der Waals surface area contributed by atoms with Crippen molar-refractivity contribution in [1.82, 2.24) is 15.3 Å². The summed E-state index contributed by atoms with van der Waals surface area (Å²) in [6.07, 6.45) is 2.28. The highest BCUT2D eigenvalue weighted by molar-refractivity contribution is 7.07. The van der Waals surface area contributed by atoms with Gasteiger partial charge in [0.2, 0.25) is 0 Å². The van der Waals surface area contributed by atoms with Crippen molar-refractivity contribution in [3.05, 3.63) is 45.1 Å². The van der Waals surface area contributed by atoms with Gasteiger partial charge < -0.3 is 5.32 Å². The minimum Gasteiger partial charge on any atom is -0.350 e. The molecule has 2 heterocycles. The number of hydrogen-bond acceptors (Lipinski definition) is 4. The second-order valence-electron chi connectivity index (χ2n) is 4.72. The quantitative estimate of drug-likeness (QED) is 0.922. The van der Waals surface area contributed by atoms with Gasteiger partial charge in [0.15, 0.2) is 0 Å². The third-order valence-electron chi connectivity index (χ3n) is 2.77. The molecule has 0 aliphatic carbocycles. The van der Waals surface area contributed by atoms with Crippen LogP contribution in [0.15, 0.2) is 23.0 Å². The average molecular weight is 310 g/mol. The summed E-state index contributed by atoms with van der Waals surface area (Å²) >= 11 is 7.64. The van der Waals surface area contributed by atoms with Crippen molar-refractivity contribution < 1.29 is 4.79 Å². The van der Waals surface area contributed by atoms with Crippen LogP contribution in [0.3, 0.4) is 0 Å². The van der Waals surface area contributed by atoms with Gasteiger partial charge in [-0.1, -0.05) is 25.4 Å². The molecule has 0 unspecified atom stereocenters. The van der Waals surface area contributed by atoms with Gasteiger partial charge in [0.25, 0.3) is 5.91 Å². The van der Waals surface area contributed by atoms with Crippen LogP contribution in [0.25, 0.3) is 0 Å². The van der Waals surface area contributed by atoms with Gasteiger partial charge in [0.1, 0.15) is 11.5 Å². The van der Waals surface area contributed by atoms with Crippen molar-refractivity contribution >= 4 is 28.8 Å². The van der Waals surface area contributed by atoms with Gasteiger partial charge >= 0.3 is 0 Å². The van der Waals surface area contributed by atoms with Crippen molar-refractivity contribution in [2.45, 2.75) is 26.2 Å². The van der Waals surface area contributed by atoms with Crippen molar-refractivity contribution in [1.29, 1.82) is 0 Å². The van der Waals surface area contributed by atoms with E-state index in [4.69, 9.17) is 11.6 Å². The van der Waals surface area contributed by atoms with Gasteiger partial charge in [-0.3, -0.25) is 4.79 Å². The van der Waals surface area contributed by atoms with E-state index < -0.39 is 0 Å². The Hall–Kier alpha value is -1.46. The van der Waals surface area contributed by atoms with Crippen LogP contribution in [0, 0.1) is 0 Å². The lowest BCUT2D eigenvalue weighted by atomic mass is 10.2. The number of amides is 1. The van der Waals surface area contributed by atoms with Gasteiger partial charge in [-0.05, 0) is 28.8 Å². The molecule has 0 saturated carbocycles. The standard InChI is InChI=1S/C14H16ClN3OS/c1-9(2)13-17-7-11(15)12(18-13)14(19)16-5-3-10-4-6-20-8-10/h4,6-9H,3,5H2,1-2H3,(H,16,19). The molecule has 2 rings (SSSR count). The highest BCUT2D eigenvalue weighted by Gasteiger charge is 2.15. The maximum Gasteiger partial charge on any atom is 0.271 e. The summed E-state index contributed by atoms with van der Waals surface area (Å²) in [6, 6.07) is 2.05. The Balaban J connectivity index is 1.99. The number of nitrogens with one attached hydrogen (secondary N) is 1. The predicted molar refractivity (Wildman–Crippen MR) is 81.5 cm³/mol. The van der Waals surface area contributed by atoms with Crippen molar-refractivity contribution in [3.63, 3.8) is 0 Å². The first-order valence-electron chi connectivity index (χ1n) is 6.39. The molecule has 0 atom stereocenters. The smallest absolute Gasteiger partial charge is 0.271 e. The van der Waals surface area contributed by atoms with Crippen LogP contribution in [0.1, 0.15) is 41.6 Å². The maximum absolute atomic E-state index is 12.1. The topological polar surface area (TPSA) is 54.9 Å². The van der Waals surface area contributed by atoms with E-state index >= 15 is 0 Å². The van der Waals surface area contributed by atoms with Crippen LogP contribution in [0.4, 0.5) is 0 Å². The Morgan fingerprint density at radius 2 is 2.30 bits per heavy atom. The van der Waals surface area contributed by atoms with Crippen LogP contribution in [0.5, 0.6) is 0 Å². The lowest BCUT2D eigenvalue weighted by Gasteiger charge is -2.08. The lowest BCUT2D eigenvalue weighted by Crippen LogP contribution is -2.27. The monoisotopic (exact) mass is 309 g/mol. The van der Waals surface area contributed by atoms with Gasteiger partial charge in [0.05, 0.1) is 11.2 Å². The number of aromatic nitrogens is 2. The van der Waals surface area contributed by atoms with E-state index in [-0.39, 0.29) is 22.5 Å². The highest BCUT2D eigenvalue weighted by Crippen LogP contribution is 2.16. The summed E-state index contributed by atoms with van der Waals surface area (Å²) < 4.78 is 0. The number of carbonyl (C=O) groups excluding carboxylic acids is 1. The molecule has 6 heteroatoms. The van der Waals surface area contributed by atoms with E-state index in [1.165, 1.54) is 11.8 Å². The minimum atomic E-state index is -0.255. The molecule has 4 nitrogen and oxygen atoms in total. The van der Waals surface area contributed by atoms with Gasteiger partial charge in [-0.2, -0.15) is 11.3 Å². The molecule has 1 N–H and O–H groups in total. The van der Waals surface area contributed by atoms with Crippen molar-refractivity contribution in [3.8, 4) is 0 Å². The van der Waals surface area contributed by atoms with Gasteiger partial charge in [0, 0.05) is 12.5 Å². The molecule has 0 fully saturated rings. The number of rotatable bonds is 5. The van der Waals surface area contributed by atoms with E-state index in [0.29, 0.717) is 12.4 Å². The molecule has 2 aromatic heterocycles. The van der Waals surface area contributed by atoms with Crippen LogP contribution in [-0.2, 0) is 6.42 Å². The molecule has 106 valence electrons. The van der Waals surface area contributed by atoms with E-state index in [1.807, 2.05) is 25.3 Å². The maximum atomic E-state index is 12.1. The third-order valence-corrected chi connectivity index (χ3v) is 3.78. The fourth-order valence-electron chi connectivity index (χ4n) is 1.66. The summed E-state index contributed by atoms with van der Waals surface area (Å²) in [6.45, 7) is 4.51. The molecule has 20 heavy (non-hydrogen) atoms. The lowest BCUT2D eigenvalue weighted by molar-refractivity contribution is 0.0949. The molecule has 0 bridgehead atoms. The number of nitrogens with zero attached hydrogens (tertiary/aromatic N) is 2. The Labute approximate surface area is 127 Å². The fourth-order valence-corrected chi connectivity index (χ4v) is 2.54. The second-order valence-corrected chi connectivity index (χ2v) is 5.90. The molecule has 0 aromatic carbocycles. The van der Waals surface area contributed by atoms with Crippen LogP contribution in [0.2, 0.25) is 5.02 Å². The predicted octanol–water partition coefficient (Wildman–Crippen LogP) is 3.29. The summed E-state index contributed by atoms with van der Waals surface area (Å²) in [5.41, 5.74) is 1.46. The molecule has 0 radical (unpaired) electrons. The van der Waals surface area contributed by atoms with Gasteiger partial charge in [-0.15, -0.1) is 0 Å². The van der Waals surface area contributed by atoms with E-state index in [9.17, 15) is 4.79 Å². The molecule has 0 saturated heterocycles. The molecule has 1 amide bonds. The van der Waals surface area contributed by atoms with Crippen LogP contribution < -0.4 is 5.32 Å². The van der Waals surface area contributed by atoms with Crippen molar-refractivity contribution in [2.24, 2.45) is 0 Å². The normalized spacial score (nSPS) is 10.8. The first-order valence-corrected chi connectivity index (χ1v) is 7.71. The van der Waals surface area contributed by atoms with Gasteiger partial charge in [-0.25, -0.2) is 9.97 Å². The van der Waals surface area contributed by atoms with E-state index in [2.05, 4.69) is 20.7 Å². The number of carbonyl (C=O) groups is 1. The third kappa shape index (κ3) is 3.77. The molecule has 0 aliphatic heterocycles. The average Bonchev–Trinajstić information content (AvgIpc) is 2.92. The van der Waals surface area contributed by atoms with E-state index in [1.54, 1.807) is 11.3 Å². The Kier molecular flexibility index (Phi) is 5.09. The molecular weight excluding hydrogens is 294 g/mol. The van der Waals surface area contributed by atoms with Crippen molar-refractivity contribution in [2.75, 3.05) is 6.54 Å². The summed E-state index contributed by atoms with van der Waals surface area (Å²) in [5.74, 6) is 0.525. The Bertz CT molecular complexity index is 584. The Morgan fingerprint density at radius 1 is 1.50 bits per heavy atom. The highest BCUT2D eigenvalue weighted by atomic mass is 35.5. The summed E-state index contributed by atoms with van der Waals surface area (Å²) in [4.78, 5) is 20.4. The Morgan fingerprint density at radius 3 is 2.95 bits per heavy atom. The largest absolute Gasteiger partial charge is 0.350 e. The summed E-state index contributed by atoms with van der Waals surface area (Å²) in [5, 5.41) is 7.21. The second kappa shape index (κ2) is 6.81. The van der Waals surface area contributed by atoms with E-state index in [0.717, 1.165) is 6.42 Å². The number of halogens is 1. The number of hydrogen-bond donors (Lipinski definition) is 1. The molecule has 2 aromatic rings. The zero-order chi connectivity index (χ0) is 14.5. The molecule has 0 spiro atoms. The first kappa shape index (κ1) is 14.9. The fraction of sp³-hybridized carbons (Fsp3) is 0.357. The molecule has 0 aliphatic rings. The SMILES string of the molecule is CC(C)c1ncc(Cl)c(C(=O)NCCc2ccsc2)n1. The first-order chi connectivity index (χ1) is 9.58. The zero-order valence-electron chi connectivity index (χ0n) is 11.4. The van der Waals surface area contributed by atoms with Crippen LogP contribution >= 0.6 is 22.9 Å². The molecular formula is C14H16ClN3OS. The van der Waals surface area contributed by atoms with Crippen LogP contribution in [-0.4, -0.2) is 22.4 Å².